The molecule has 0 aromatic heterocycles. The zero-order valence-electron chi connectivity index (χ0n) is 29.7. The first kappa shape index (κ1) is 40.5. The van der Waals surface area contributed by atoms with Gasteiger partial charge in [0.05, 0.1) is 43.7 Å². The molecule has 0 aliphatic carbocycles. The molecular formula is C35H44N8O9. The number of carbonyl (C=O) groups is 3. The third-order valence-electron chi connectivity index (χ3n) is 7.41. The highest BCUT2D eigenvalue weighted by Crippen LogP contribution is 2.41. The van der Waals surface area contributed by atoms with Crippen LogP contribution in [-0.2, 0) is 23.9 Å². The standard InChI is InChI=1S/C35H44N8O9/c1-5-42(22-33(44)37-18-8-6-7-9-19-52-35(46)24-51-23-34(45)36-2)27-14-10-25(11-15-27)38-40-29-20-32(50-4)30(21-31(29)49-3)41-39-26-12-16-28(17-13-26)43(47)48/h10-17,20-21H,5-9,18-19,22-24H2,1-4H3,(H,36,45)(H,37,44). The van der Waals surface area contributed by atoms with Crippen molar-refractivity contribution in [2.24, 2.45) is 20.5 Å². The van der Waals surface area contributed by atoms with E-state index in [9.17, 15) is 24.5 Å². The van der Waals surface area contributed by atoms with Gasteiger partial charge in [0.1, 0.15) is 36.1 Å². The van der Waals surface area contributed by atoms with Crippen LogP contribution >= 0.6 is 0 Å². The molecule has 2 N–H and O–H groups in total. The minimum Gasteiger partial charge on any atom is -0.494 e. The number of carbonyl (C=O) groups excluding carboxylic acids is 3. The Morgan fingerprint density at radius 1 is 0.788 bits per heavy atom. The van der Waals surface area contributed by atoms with Crippen LogP contribution in [0.1, 0.15) is 32.6 Å². The van der Waals surface area contributed by atoms with E-state index < -0.39 is 10.9 Å². The Labute approximate surface area is 301 Å². The van der Waals surface area contributed by atoms with Crippen molar-refractivity contribution in [3.05, 3.63) is 70.8 Å². The van der Waals surface area contributed by atoms with Gasteiger partial charge < -0.3 is 34.5 Å². The van der Waals surface area contributed by atoms with Crippen molar-refractivity contribution in [2.75, 3.05) is 65.6 Å². The van der Waals surface area contributed by atoms with E-state index in [4.69, 9.17) is 18.9 Å². The minimum absolute atomic E-state index is 0.0471. The molecule has 0 saturated heterocycles. The molecule has 0 radical (unpaired) electrons. The Balaban J connectivity index is 1.45. The monoisotopic (exact) mass is 720 g/mol. The third-order valence-corrected chi connectivity index (χ3v) is 7.41. The maximum absolute atomic E-state index is 12.6. The van der Waals surface area contributed by atoms with Crippen LogP contribution in [0.5, 0.6) is 11.5 Å². The van der Waals surface area contributed by atoms with E-state index in [1.54, 1.807) is 24.3 Å². The molecule has 0 fully saturated rings. The van der Waals surface area contributed by atoms with Crippen LogP contribution in [0.3, 0.4) is 0 Å². The molecule has 0 bridgehead atoms. The van der Waals surface area contributed by atoms with Crippen LogP contribution in [0.25, 0.3) is 0 Å². The van der Waals surface area contributed by atoms with Crippen LogP contribution in [0, 0.1) is 10.1 Å². The summed E-state index contributed by atoms with van der Waals surface area (Å²) >= 11 is 0. The topological polar surface area (TPSA) is 208 Å². The summed E-state index contributed by atoms with van der Waals surface area (Å²) in [5.74, 6) is -0.162. The summed E-state index contributed by atoms with van der Waals surface area (Å²) in [5.41, 5.74) is 2.57. The first-order valence-electron chi connectivity index (χ1n) is 16.6. The Morgan fingerprint density at radius 2 is 1.37 bits per heavy atom. The number of benzene rings is 3. The number of anilines is 1. The summed E-state index contributed by atoms with van der Waals surface area (Å²) in [6.45, 7) is 3.15. The van der Waals surface area contributed by atoms with Crippen molar-refractivity contribution in [2.45, 2.75) is 32.6 Å². The van der Waals surface area contributed by atoms with Gasteiger partial charge in [0.15, 0.2) is 0 Å². The van der Waals surface area contributed by atoms with Gasteiger partial charge in [-0.05, 0) is 62.6 Å². The van der Waals surface area contributed by atoms with E-state index in [0.29, 0.717) is 53.8 Å². The molecule has 3 aromatic carbocycles. The van der Waals surface area contributed by atoms with Gasteiger partial charge in [0.25, 0.3) is 5.69 Å². The number of hydrogen-bond acceptors (Lipinski definition) is 14. The lowest BCUT2D eigenvalue weighted by atomic mass is 10.2. The maximum atomic E-state index is 12.6. The lowest BCUT2D eigenvalue weighted by Gasteiger charge is -2.22. The van der Waals surface area contributed by atoms with E-state index in [-0.39, 0.29) is 43.9 Å². The Bertz CT molecular complexity index is 1680. The zero-order chi connectivity index (χ0) is 37.7. The predicted molar refractivity (Wildman–Crippen MR) is 193 cm³/mol. The summed E-state index contributed by atoms with van der Waals surface area (Å²) in [6.07, 6.45) is 3.21. The molecule has 17 heteroatoms. The van der Waals surface area contributed by atoms with Gasteiger partial charge in [0.2, 0.25) is 11.8 Å². The highest BCUT2D eigenvalue weighted by molar-refractivity contribution is 5.81. The summed E-state index contributed by atoms with van der Waals surface area (Å²) in [7, 11) is 4.46. The molecule has 0 saturated carbocycles. The molecule has 0 aliphatic heterocycles. The average molecular weight is 721 g/mol. The minimum atomic E-state index is -0.509. The molecule has 52 heavy (non-hydrogen) atoms. The summed E-state index contributed by atoms with van der Waals surface area (Å²) < 4.78 is 21.0. The van der Waals surface area contributed by atoms with Crippen LogP contribution in [-0.4, -0.2) is 83.4 Å². The van der Waals surface area contributed by atoms with Gasteiger partial charge in [-0.3, -0.25) is 19.7 Å². The first-order valence-corrected chi connectivity index (χ1v) is 16.6. The number of amides is 2. The summed E-state index contributed by atoms with van der Waals surface area (Å²) in [6, 6.07) is 16.2. The van der Waals surface area contributed by atoms with E-state index in [1.807, 2.05) is 24.0 Å². The van der Waals surface area contributed by atoms with Gasteiger partial charge in [-0.2, -0.15) is 10.2 Å². The fourth-order valence-corrected chi connectivity index (χ4v) is 4.57. The number of nitro groups is 1. The van der Waals surface area contributed by atoms with Gasteiger partial charge in [-0.1, -0.05) is 6.42 Å². The van der Waals surface area contributed by atoms with Gasteiger partial charge in [0, 0.05) is 50.1 Å². The van der Waals surface area contributed by atoms with Gasteiger partial charge >= 0.3 is 5.97 Å². The Morgan fingerprint density at radius 3 is 1.90 bits per heavy atom. The van der Waals surface area contributed by atoms with Crippen molar-refractivity contribution < 1.29 is 38.3 Å². The van der Waals surface area contributed by atoms with E-state index in [1.165, 1.54) is 45.5 Å². The van der Waals surface area contributed by atoms with Gasteiger partial charge in [-0.15, -0.1) is 10.2 Å². The molecule has 17 nitrogen and oxygen atoms in total. The Hall–Kier alpha value is -5.97. The zero-order valence-corrected chi connectivity index (χ0v) is 29.7. The molecule has 3 aromatic rings. The van der Waals surface area contributed by atoms with Crippen LogP contribution in [0.4, 0.5) is 34.1 Å². The second kappa shape index (κ2) is 22.0. The first-order chi connectivity index (χ1) is 25.2. The van der Waals surface area contributed by atoms with E-state index in [2.05, 4.69) is 31.1 Å². The summed E-state index contributed by atoms with van der Waals surface area (Å²) in [4.78, 5) is 47.6. The van der Waals surface area contributed by atoms with E-state index in [0.717, 1.165) is 24.9 Å². The number of likely N-dealkylation sites (N-methyl/N-ethyl adjacent to an activating group) is 2. The number of methoxy groups -OCH3 is 2. The molecule has 278 valence electrons. The smallest absolute Gasteiger partial charge is 0.332 e. The van der Waals surface area contributed by atoms with Gasteiger partial charge in [-0.25, -0.2) is 4.79 Å². The number of nitrogens with one attached hydrogen (secondary N) is 2. The van der Waals surface area contributed by atoms with Crippen molar-refractivity contribution in [1.29, 1.82) is 0 Å². The number of esters is 1. The third kappa shape index (κ3) is 13.7. The summed E-state index contributed by atoms with van der Waals surface area (Å²) in [5, 5.41) is 33.3. The molecule has 0 atom stereocenters. The highest BCUT2D eigenvalue weighted by Gasteiger charge is 2.13. The maximum Gasteiger partial charge on any atom is 0.332 e. The number of ether oxygens (including phenoxy) is 4. The molecular weight excluding hydrogens is 676 g/mol. The molecule has 3 rings (SSSR count). The molecule has 0 heterocycles. The normalized spacial score (nSPS) is 11.0. The lowest BCUT2D eigenvalue weighted by molar-refractivity contribution is -0.384. The number of non-ortho nitro benzene ring substituents is 1. The largest absolute Gasteiger partial charge is 0.494 e. The average Bonchev–Trinajstić information content (AvgIpc) is 3.16. The number of rotatable bonds is 22. The van der Waals surface area contributed by atoms with Crippen molar-refractivity contribution >= 4 is 51.9 Å². The SMILES string of the molecule is CCN(CC(=O)NCCCCCCOC(=O)COCC(=O)NC)c1ccc(N=Nc2cc(OC)c(N=Nc3ccc([N+](=O)[O-])cc3)cc2OC)cc1. The van der Waals surface area contributed by atoms with Crippen LogP contribution in [0.2, 0.25) is 0 Å². The Kier molecular flexibility index (Phi) is 17.1. The van der Waals surface area contributed by atoms with Crippen LogP contribution in [0.15, 0.2) is 81.1 Å². The highest BCUT2D eigenvalue weighted by atomic mass is 16.6. The number of unbranched alkanes of at least 4 members (excludes halogenated alkanes) is 3. The molecule has 2 amide bonds. The molecule has 0 unspecified atom stereocenters. The van der Waals surface area contributed by atoms with E-state index >= 15 is 0 Å². The van der Waals surface area contributed by atoms with Crippen molar-refractivity contribution in [3.63, 3.8) is 0 Å². The predicted octanol–water partition coefficient (Wildman–Crippen LogP) is 6.25. The van der Waals surface area contributed by atoms with Crippen molar-refractivity contribution in [3.8, 4) is 11.5 Å². The number of nitrogens with zero attached hydrogens (tertiary/aromatic N) is 6. The fourth-order valence-electron chi connectivity index (χ4n) is 4.57. The number of azo groups is 2. The second-order valence-corrected chi connectivity index (χ2v) is 11.1. The lowest BCUT2D eigenvalue weighted by Crippen LogP contribution is -2.37. The fraction of sp³-hybridized carbons (Fsp3) is 0.400. The van der Waals surface area contributed by atoms with Crippen LogP contribution < -0.4 is 25.0 Å². The molecule has 0 aliphatic rings. The quantitative estimate of drug-likeness (QED) is 0.0392. The second-order valence-electron chi connectivity index (χ2n) is 11.1. The van der Waals surface area contributed by atoms with Crippen molar-refractivity contribution in [1.82, 2.24) is 10.6 Å². The number of hydrogen-bond donors (Lipinski definition) is 2. The number of nitro benzene ring substituents is 1. The molecule has 0 spiro atoms.